The van der Waals surface area contributed by atoms with Crippen LogP contribution in [0, 0.1) is 6.92 Å². The van der Waals surface area contributed by atoms with Gasteiger partial charge >= 0.3 is 0 Å². The smallest absolute Gasteiger partial charge is 0.204 e. The fourth-order valence-corrected chi connectivity index (χ4v) is 2.86. The molecule has 1 aromatic heterocycles. The minimum absolute atomic E-state index is 0.0190. The van der Waals surface area contributed by atoms with Gasteiger partial charge in [0, 0.05) is 13.5 Å². The van der Waals surface area contributed by atoms with E-state index in [0.717, 1.165) is 0 Å². The molecule has 1 saturated heterocycles. The molecule has 2 heterocycles. The number of hydrogen-bond acceptors (Lipinski definition) is 5. The Morgan fingerprint density at radius 2 is 2.36 bits per heavy atom. The van der Waals surface area contributed by atoms with Crippen LogP contribution < -0.4 is 0 Å². The standard InChI is InChI=1S/C8H11NO4S/c1-6-9-8(5-13-6)14(10,11)7-2-3-12-4-7/h5,7H,2-4H2,1H3. The molecule has 0 saturated carbocycles. The van der Waals surface area contributed by atoms with Crippen LogP contribution in [0.25, 0.3) is 0 Å². The Morgan fingerprint density at radius 1 is 1.57 bits per heavy atom. The molecule has 6 heteroatoms. The zero-order valence-electron chi connectivity index (χ0n) is 7.76. The van der Waals surface area contributed by atoms with Gasteiger partial charge in [-0.15, -0.1) is 0 Å². The lowest BCUT2D eigenvalue weighted by atomic mass is 10.4. The molecular weight excluding hydrogens is 206 g/mol. The fraction of sp³-hybridized carbons (Fsp3) is 0.625. The SMILES string of the molecule is Cc1nc(S(=O)(=O)C2CCOC2)co1. The molecule has 78 valence electrons. The molecule has 1 fully saturated rings. The predicted molar refractivity (Wildman–Crippen MR) is 47.6 cm³/mol. The molecule has 0 aliphatic carbocycles. The van der Waals surface area contributed by atoms with Gasteiger partial charge in [0.25, 0.3) is 0 Å². The highest BCUT2D eigenvalue weighted by Crippen LogP contribution is 2.21. The van der Waals surface area contributed by atoms with E-state index >= 15 is 0 Å². The van der Waals surface area contributed by atoms with E-state index in [2.05, 4.69) is 4.98 Å². The van der Waals surface area contributed by atoms with Crippen molar-refractivity contribution in [3.8, 4) is 0 Å². The van der Waals surface area contributed by atoms with Gasteiger partial charge in [-0.1, -0.05) is 0 Å². The summed E-state index contributed by atoms with van der Waals surface area (Å²) in [6.45, 7) is 2.37. The lowest BCUT2D eigenvalue weighted by Gasteiger charge is -2.05. The summed E-state index contributed by atoms with van der Waals surface area (Å²) in [6, 6.07) is 0. The minimum Gasteiger partial charge on any atom is -0.448 e. The summed E-state index contributed by atoms with van der Waals surface area (Å²) in [5.74, 6) is 0.363. The van der Waals surface area contributed by atoms with E-state index < -0.39 is 15.1 Å². The third-order valence-corrected chi connectivity index (χ3v) is 4.24. The Bertz CT molecular complexity index is 416. The maximum atomic E-state index is 11.8. The lowest BCUT2D eigenvalue weighted by Crippen LogP contribution is -2.21. The molecule has 1 aliphatic heterocycles. The summed E-state index contributed by atoms with van der Waals surface area (Å²) >= 11 is 0. The van der Waals surface area contributed by atoms with Crippen molar-refractivity contribution >= 4 is 9.84 Å². The van der Waals surface area contributed by atoms with E-state index in [-0.39, 0.29) is 11.6 Å². The number of nitrogens with zero attached hydrogens (tertiary/aromatic N) is 1. The Hall–Kier alpha value is -0.880. The van der Waals surface area contributed by atoms with E-state index in [9.17, 15) is 8.42 Å². The van der Waals surface area contributed by atoms with Crippen LogP contribution in [0.1, 0.15) is 12.3 Å². The van der Waals surface area contributed by atoms with Gasteiger partial charge < -0.3 is 9.15 Å². The average molecular weight is 217 g/mol. The van der Waals surface area contributed by atoms with Gasteiger partial charge in [0.15, 0.2) is 10.9 Å². The maximum Gasteiger partial charge on any atom is 0.204 e. The average Bonchev–Trinajstić information content (AvgIpc) is 2.72. The number of hydrogen-bond donors (Lipinski definition) is 0. The highest BCUT2D eigenvalue weighted by molar-refractivity contribution is 7.92. The lowest BCUT2D eigenvalue weighted by molar-refractivity contribution is 0.198. The molecule has 5 nitrogen and oxygen atoms in total. The Balaban J connectivity index is 2.32. The van der Waals surface area contributed by atoms with Crippen LogP contribution in [0.15, 0.2) is 15.7 Å². The molecule has 0 N–H and O–H groups in total. The predicted octanol–water partition coefficient (Wildman–Crippen LogP) is 0.546. The first kappa shape index (κ1) is 9.67. The first-order valence-corrected chi connectivity index (χ1v) is 5.89. The highest BCUT2D eigenvalue weighted by atomic mass is 32.2. The van der Waals surface area contributed by atoms with Gasteiger partial charge in [0.2, 0.25) is 9.84 Å². The van der Waals surface area contributed by atoms with Crippen LogP contribution in [0.2, 0.25) is 0 Å². The second kappa shape index (κ2) is 3.36. The molecule has 1 atom stereocenters. The van der Waals surface area contributed by atoms with E-state index in [4.69, 9.17) is 9.15 Å². The maximum absolute atomic E-state index is 11.8. The quantitative estimate of drug-likeness (QED) is 0.723. The van der Waals surface area contributed by atoms with E-state index in [1.807, 2.05) is 0 Å². The van der Waals surface area contributed by atoms with Gasteiger partial charge in [0.1, 0.15) is 6.26 Å². The second-order valence-corrected chi connectivity index (χ2v) is 5.41. The highest BCUT2D eigenvalue weighted by Gasteiger charge is 2.33. The first-order valence-electron chi connectivity index (χ1n) is 4.34. The van der Waals surface area contributed by atoms with Crippen molar-refractivity contribution in [3.63, 3.8) is 0 Å². The van der Waals surface area contributed by atoms with Crippen molar-refractivity contribution in [3.05, 3.63) is 12.2 Å². The third-order valence-electron chi connectivity index (χ3n) is 2.22. The number of ether oxygens (including phenoxy) is 1. The van der Waals surface area contributed by atoms with E-state index in [1.54, 1.807) is 6.92 Å². The van der Waals surface area contributed by atoms with Crippen LogP contribution in [0.3, 0.4) is 0 Å². The number of aryl methyl sites for hydroxylation is 1. The molecule has 1 aliphatic rings. The number of sulfone groups is 1. The van der Waals surface area contributed by atoms with Crippen LogP contribution >= 0.6 is 0 Å². The van der Waals surface area contributed by atoms with Gasteiger partial charge in [-0.2, -0.15) is 0 Å². The Labute approximate surface area is 82.0 Å². The van der Waals surface area contributed by atoms with Crippen molar-refractivity contribution in [2.75, 3.05) is 13.2 Å². The number of rotatable bonds is 2. The summed E-state index contributed by atoms with van der Waals surface area (Å²) in [5, 5.41) is -0.447. The third kappa shape index (κ3) is 1.55. The molecule has 0 aromatic carbocycles. The second-order valence-electron chi connectivity index (χ2n) is 3.24. The molecule has 0 radical (unpaired) electrons. The summed E-state index contributed by atoms with van der Waals surface area (Å²) in [7, 11) is -3.35. The van der Waals surface area contributed by atoms with Crippen molar-refractivity contribution in [2.24, 2.45) is 0 Å². The Kier molecular flexibility index (Phi) is 2.32. The van der Waals surface area contributed by atoms with Gasteiger partial charge in [-0.3, -0.25) is 0 Å². The van der Waals surface area contributed by atoms with Crippen molar-refractivity contribution in [1.29, 1.82) is 0 Å². The molecule has 1 unspecified atom stereocenters. The van der Waals surface area contributed by atoms with Crippen LogP contribution in [-0.4, -0.2) is 31.9 Å². The monoisotopic (exact) mass is 217 g/mol. The number of oxazole rings is 1. The van der Waals surface area contributed by atoms with Crippen molar-refractivity contribution in [1.82, 2.24) is 4.98 Å². The van der Waals surface area contributed by atoms with Crippen LogP contribution in [-0.2, 0) is 14.6 Å². The molecular formula is C8H11NO4S. The topological polar surface area (TPSA) is 69.4 Å². The van der Waals surface area contributed by atoms with E-state index in [0.29, 0.717) is 18.9 Å². The fourth-order valence-electron chi connectivity index (χ4n) is 1.40. The number of aromatic nitrogens is 1. The normalized spacial score (nSPS) is 22.8. The van der Waals surface area contributed by atoms with Crippen molar-refractivity contribution in [2.45, 2.75) is 23.6 Å². The van der Waals surface area contributed by atoms with Crippen LogP contribution in [0.5, 0.6) is 0 Å². The van der Waals surface area contributed by atoms with E-state index in [1.165, 1.54) is 6.26 Å². The summed E-state index contributed by atoms with van der Waals surface area (Å²) in [6.07, 6.45) is 1.72. The summed E-state index contributed by atoms with van der Waals surface area (Å²) < 4.78 is 33.6. The van der Waals surface area contributed by atoms with Crippen LogP contribution in [0.4, 0.5) is 0 Å². The molecule has 0 amide bonds. The first-order chi connectivity index (χ1) is 6.60. The largest absolute Gasteiger partial charge is 0.448 e. The molecule has 0 spiro atoms. The van der Waals surface area contributed by atoms with Crippen molar-refractivity contribution < 1.29 is 17.6 Å². The molecule has 1 aromatic rings. The minimum atomic E-state index is -3.35. The summed E-state index contributed by atoms with van der Waals surface area (Å²) in [5.41, 5.74) is 0. The zero-order chi connectivity index (χ0) is 10.2. The Morgan fingerprint density at radius 3 is 2.86 bits per heavy atom. The molecule has 0 bridgehead atoms. The van der Waals surface area contributed by atoms with Gasteiger partial charge in [-0.05, 0) is 6.42 Å². The molecule has 14 heavy (non-hydrogen) atoms. The summed E-state index contributed by atoms with van der Waals surface area (Å²) in [4.78, 5) is 3.82. The molecule has 2 rings (SSSR count). The van der Waals surface area contributed by atoms with Gasteiger partial charge in [-0.25, -0.2) is 13.4 Å². The zero-order valence-corrected chi connectivity index (χ0v) is 8.58. The van der Waals surface area contributed by atoms with Gasteiger partial charge in [0.05, 0.1) is 11.9 Å².